The maximum atomic E-state index is 13.1. The predicted molar refractivity (Wildman–Crippen MR) is 91.0 cm³/mol. The quantitative estimate of drug-likeness (QED) is 0.272. The summed E-state index contributed by atoms with van der Waals surface area (Å²) in [6.07, 6.45) is -0.0944. The standard InChI is InChI=1S/C18H17F2N3O3/c19-18(20)9-14(18)12-3-1-10(2-4-12)11-5-7-13(8-6-11)26-16(23-22)15(21)17(24)25/h1-8,14,23H,9,21-22H2,(H,24,25)/b16-15+. The molecule has 26 heavy (non-hydrogen) atoms. The molecule has 2 aromatic rings. The van der Waals surface area contributed by atoms with Crippen molar-refractivity contribution in [1.82, 2.24) is 5.43 Å². The molecule has 0 aliphatic heterocycles. The fourth-order valence-electron chi connectivity index (χ4n) is 2.58. The van der Waals surface area contributed by atoms with Crippen LogP contribution < -0.4 is 21.7 Å². The highest BCUT2D eigenvalue weighted by Gasteiger charge is 2.57. The van der Waals surface area contributed by atoms with Crippen molar-refractivity contribution in [2.24, 2.45) is 11.6 Å². The molecule has 1 unspecified atom stereocenters. The number of carbonyl (C=O) groups is 1. The van der Waals surface area contributed by atoms with Crippen LogP contribution in [0.2, 0.25) is 0 Å². The largest absolute Gasteiger partial charge is 0.476 e. The van der Waals surface area contributed by atoms with E-state index in [0.717, 1.165) is 11.1 Å². The fraction of sp³-hybridized carbons (Fsp3) is 0.167. The summed E-state index contributed by atoms with van der Waals surface area (Å²) < 4.78 is 31.5. The zero-order valence-corrected chi connectivity index (χ0v) is 13.6. The van der Waals surface area contributed by atoms with Gasteiger partial charge in [-0.05, 0) is 28.8 Å². The third-order valence-electron chi connectivity index (χ3n) is 4.15. The number of aliphatic carboxylic acids is 1. The van der Waals surface area contributed by atoms with E-state index < -0.39 is 23.5 Å². The van der Waals surface area contributed by atoms with E-state index >= 15 is 0 Å². The summed E-state index contributed by atoms with van der Waals surface area (Å²) >= 11 is 0. The van der Waals surface area contributed by atoms with Crippen LogP contribution in [0, 0.1) is 0 Å². The van der Waals surface area contributed by atoms with Crippen LogP contribution in [0.5, 0.6) is 5.75 Å². The highest BCUT2D eigenvalue weighted by atomic mass is 19.3. The van der Waals surface area contributed by atoms with E-state index in [4.69, 9.17) is 21.4 Å². The Balaban J connectivity index is 1.73. The second-order valence-corrected chi connectivity index (χ2v) is 5.96. The Hall–Kier alpha value is -3.13. The molecule has 1 fully saturated rings. The smallest absolute Gasteiger partial charge is 0.357 e. The Bertz CT molecular complexity index is 849. The average Bonchev–Trinajstić information content (AvgIpc) is 3.28. The third-order valence-corrected chi connectivity index (χ3v) is 4.15. The molecule has 0 aromatic heterocycles. The summed E-state index contributed by atoms with van der Waals surface area (Å²) in [6, 6.07) is 13.7. The number of hydrazine groups is 1. The molecule has 8 heteroatoms. The van der Waals surface area contributed by atoms with Crippen molar-refractivity contribution in [1.29, 1.82) is 0 Å². The second kappa shape index (κ2) is 6.64. The zero-order chi connectivity index (χ0) is 18.9. The number of nitrogens with one attached hydrogen (secondary N) is 1. The van der Waals surface area contributed by atoms with Gasteiger partial charge >= 0.3 is 5.97 Å². The summed E-state index contributed by atoms with van der Waals surface area (Å²) in [5.41, 5.74) is 9.25. The van der Waals surface area contributed by atoms with Crippen LogP contribution in [-0.4, -0.2) is 17.0 Å². The van der Waals surface area contributed by atoms with Gasteiger partial charge in [0.1, 0.15) is 5.75 Å². The van der Waals surface area contributed by atoms with E-state index in [9.17, 15) is 13.6 Å². The van der Waals surface area contributed by atoms with Gasteiger partial charge in [-0.25, -0.2) is 19.4 Å². The molecule has 0 spiro atoms. The molecule has 0 amide bonds. The van der Waals surface area contributed by atoms with Gasteiger partial charge in [-0.2, -0.15) is 0 Å². The molecule has 1 saturated carbocycles. The molecule has 2 aromatic carbocycles. The van der Waals surface area contributed by atoms with Crippen molar-refractivity contribution in [2.45, 2.75) is 18.3 Å². The van der Waals surface area contributed by atoms with Crippen molar-refractivity contribution in [2.75, 3.05) is 0 Å². The lowest BCUT2D eigenvalue weighted by molar-refractivity contribution is -0.132. The number of benzene rings is 2. The van der Waals surface area contributed by atoms with Crippen LogP contribution in [0.4, 0.5) is 8.78 Å². The molecule has 6 N–H and O–H groups in total. The van der Waals surface area contributed by atoms with Crippen molar-refractivity contribution in [3.05, 3.63) is 65.7 Å². The SMILES string of the molecule is NN/C(Oc1ccc(-c2ccc(C3CC3(F)F)cc2)cc1)=C(\N)C(=O)O. The van der Waals surface area contributed by atoms with Crippen LogP contribution in [0.1, 0.15) is 17.9 Å². The van der Waals surface area contributed by atoms with Crippen LogP contribution >= 0.6 is 0 Å². The summed E-state index contributed by atoms with van der Waals surface area (Å²) in [6.45, 7) is 0. The van der Waals surface area contributed by atoms with Gasteiger partial charge in [-0.1, -0.05) is 36.4 Å². The molecular formula is C18H17F2N3O3. The number of hydrogen-bond acceptors (Lipinski definition) is 5. The maximum Gasteiger partial charge on any atom is 0.357 e. The summed E-state index contributed by atoms with van der Waals surface area (Å²) in [7, 11) is 0. The Kier molecular flexibility index (Phi) is 4.52. The minimum absolute atomic E-state index is 0.0944. The Morgan fingerprint density at radius 1 is 1.12 bits per heavy atom. The third kappa shape index (κ3) is 3.60. The van der Waals surface area contributed by atoms with Gasteiger partial charge in [-0.15, -0.1) is 0 Å². The van der Waals surface area contributed by atoms with Gasteiger partial charge in [0.2, 0.25) is 5.88 Å². The van der Waals surface area contributed by atoms with Gasteiger partial charge in [0.05, 0.1) is 5.92 Å². The van der Waals surface area contributed by atoms with E-state index in [1.165, 1.54) is 0 Å². The van der Waals surface area contributed by atoms with Crippen LogP contribution in [-0.2, 0) is 4.79 Å². The minimum Gasteiger partial charge on any atom is -0.476 e. The van der Waals surface area contributed by atoms with E-state index in [2.05, 4.69) is 5.43 Å². The van der Waals surface area contributed by atoms with E-state index in [1.54, 1.807) is 48.5 Å². The molecular weight excluding hydrogens is 344 g/mol. The maximum absolute atomic E-state index is 13.1. The lowest BCUT2D eigenvalue weighted by Gasteiger charge is -2.11. The fourth-order valence-corrected chi connectivity index (χ4v) is 2.58. The van der Waals surface area contributed by atoms with Crippen LogP contribution in [0.25, 0.3) is 11.1 Å². The Morgan fingerprint density at radius 2 is 1.62 bits per heavy atom. The second-order valence-electron chi connectivity index (χ2n) is 5.96. The summed E-state index contributed by atoms with van der Waals surface area (Å²) in [4.78, 5) is 10.8. The molecule has 6 nitrogen and oxygen atoms in total. The Morgan fingerprint density at radius 3 is 2.04 bits per heavy atom. The number of alkyl halides is 2. The topological polar surface area (TPSA) is 111 Å². The predicted octanol–water partition coefficient (Wildman–Crippen LogP) is 2.53. The monoisotopic (exact) mass is 361 g/mol. The van der Waals surface area contributed by atoms with Gasteiger partial charge in [0.25, 0.3) is 5.92 Å². The first-order valence-electron chi connectivity index (χ1n) is 7.77. The lowest BCUT2D eigenvalue weighted by atomic mass is 10.0. The minimum atomic E-state index is -2.58. The van der Waals surface area contributed by atoms with Crippen LogP contribution in [0.3, 0.4) is 0 Å². The first-order chi connectivity index (χ1) is 12.3. The lowest BCUT2D eigenvalue weighted by Crippen LogP contribution is -2.31. The normalized spacial score (nSPS) is 18.7. The molecule has 1 atom stereocenters. The van der Waals surface area contributed by atoms with Gasteiger partial charge in [0.15, 0.2) is 5.70 Å². The molecule has 1 aliphatic rings. The number of rotatable bonds is 6. The molecule has 0 radical (unpaired) electrons. The van der Waals surface area contributed by atoms with Crippen molar-refractivity contribution >= 4 is 5.97 Å². The number of carboxylic acid groups (broad SMARTS) is 1. The van der Waals surface area contributed by atoms with E-state index in [-0.39, 0.29) is 12.3 Å². The highest BCUT2D eigenvalue weighted by molar-refractivity contribution is 5.85. The Labute approximate surface area is 148 Å². The van der Waals surface area contributed by atoms with E-state index in [1.807, 2.05) is 0 Å². The van der Waals surface area contributed by atoms with Crippen molar-refractivity contribution < 1.29 is 23.4 Å². The number of halogens is 2. The highest BCUT2D eigenvalue weighted by Crippen LogP contribution is 2.55. The average molecular weight is 361 g/mol. The van der Waals surface area contributed by atoms with Crippen LogP contribution in [0.15, 0.2) is 60.1 Å². The number of hydrogen-bond donors (Lipinski definition) is 4. The molecule has 0 heterocycles. The van der Waals surface area contributed by atoms with E-state index in [0.29, 0.717) is 11.3 Å². The first kappa shape index (κ1) is 17.7. The molecule has 0 saturated heterocycles. The zero-order valence-electron chi connectivity index (χ0n) is 13.6. The summed E-state index contributed by atoms with van der Waals surface area (Å²) in [5, 5.41) is 8.85. The molecule has 3 rings (SSSR count). The number of ether oxygens (including phenoxy) is 1. The molecule has 0 bridgehead atoms. The van der Waals surface area contributed by atoms with Gasteiger partial charge in [-0.3, -0.25) is 5.43 Å². The van der Waals surface area contributed by atoms with Crippen molar-refractivity contribution in [3.63, 3.8) is 0 Å². The van der Waals surface area contributed by atoms with Gasteiger partial charge < -0.3 is 15.6 Å². The molecule has 1 aliphatic carbocycles. The van der Waals surface area contributed by atoms with Gasteiger partial charge in [0, 0.05) is 6.42 Å². The summed E-state index contributed by atoms with van der Waals surface area (Å²) in [5.74, 6) is 0.642. The van der Waals surface area contributed by atoms with Crippen molar-refractivity contribution in [3.8, 4) is 16.9 Å². The number of nitrogens with two attached hydrogens (primary N) is 2. The number of carboxylic acids is 1. The molecule has 136 valence electrons. The first-order valence-corrected chi connectivity index (χ1v) is 7.77.